The molecule has 0 atom stereocenters. The monoisotopic (exact) mass is 293 g/mol. The van der Waals surface area contributed by atoms with Crippen LogP contribution >= 0.6 is 11.6 Å². The summed E-state index contributed by atoms with van der Waals surface area (Å²) in [7, 11) is 0. The first-order chi connectivity index (χ1) is 10.2. The Kier molecular flexibility index (Phi) is 2.69. The summed E-state index contributed by atoms with van der Waals surface area (Å²) in [6.07, 6.45) is 0. The molecular formula is C17H12ClN3. The Hall–Kier alpha value is -2.39. The van der Waals surface area contributed by atoms with E-state index >= 15 is 0 Å². The predicted molar refractivity (Wildman–Crippen MR) is 85.7 cm³/mol. The summed E-state index contributed by atoms with van der Waals surface area (Å²) in [5, 5.41) is 10.3. The summed E-state index contributed by atoms with van der Waals surface area (Å²) in [6, 6.07) is 18.2. The third-order valence-corrected chi connectivity index (χ3v) is 3.93. The lowest BCUT2D eigenvalue weighted by atomic mass is 10.0. The van der Waals surface area contributed by atoms with E-state index < -0.39 is 0 Å². The molecule has 21 heavy (non-hydrogen) atoms. The number of rotatable bonds is 1. The van der Waals surface area contributed by atoms with Crippen LogP contribution in [0, 0.1) is 6.92 Å². The van der Waals surface area contributed by atoms with Crippen LogP contribution in [-0.4, -0.2) is 14.6 Å². The third-order valence-electron chi connectivity index (χ3n) is 3.70. The van der Waals surface area contributed by atoms with Gasteiger partial charge >= 0.3 is 0 Å². The molecule has 4 heteroatoms. The Balaban J connectivity index is 2.21. The molecule has 0 aliphatic carbocycles. The van der Waals surface area contributed by atoms with Gasteiger partial charge in [-0.1, -0.05) is 41.9 Å². The number of fused-ring (bicyclic) bond motifs is 3. The van der Waals surface area contributed by atoms with E-state index in [0.29, 0.717) is 0 Å². The average Bonchev–Trinajstić information content (AvgIpc) is 2.88. The maximum Gasteiger partial charge on any atom is 0.161 e. The van der Waals surface area contributed by atoms with Gasteiger partial charge in [-0.2, -0.15) is 0 Å². The SMILES string of the molecule is Cc1nnc2cc(-c3ccccc3)c3cc(Cl)ccc3n12. The lowest BCUT2D eigenvalue weighted by Gasteiger charge is -2.10. The van der Waals surface area contributed by atoms with E-state index in [2.05, 4.69) is 32.8 Å². The molecule has 4 rings (SSSR count). The van der Waals surface area contributed by atoms with Crippen LogP contribution in [0.25, 0.3) is 27.7 Å². The minimum Gasteiger partial charge on any atom is -0.279 e. The zero-order chi connectivity index (χ0) is 14.4. The fraction of sp³-hybridized carbons (Fsp3) is 0.0588. The number of halogens is 1. The summed E-state index contributed by atoms with van der Waals surface area (Å²) < 4.78 is 2.05. The van der Waals surface area contributed by atoms with Crippen molar-refractivity contribution in [2.24, 2.45) is 0 Å². The molecule has 2 aromatic carbocycles. The molecule has 0 N–H and O–H groups in total. The number of nitrogens with zero attached hydrogens (tertiary/aromatic N) is 3. The van der Waals surface area contributed by atoms with Gasteiger partial charge in [0.15, 0.2) is 5.65 Å². The van der Waals surface area contributed by atoms with E-state index in [0.717, 1.165) is 38.5 Å². The van der Waals surface area contributed by atoms with Crippen molar-refractivity contribution in [2.75, 3.05) is 0 Å². The van der Waals surface area contributed by atoms with Crippen molar-refractivity contribution in [1.29, 1.82) is 0 Å². The fourth-order valence-electron chi connectivity index (χ4n) is 2.75. The molecule has 0 amide bonds. The molecular weight excluding hydrogens is 282 g/mol. The van der Waals surface area contributed by atoms with Gasteiger partial charge in [0, 0.05) is 10.4 Å². The largest absolute Gasteiger partial charge is 0.279 e. The fourth-order valence-corrected chi connectivity index (χ4v) is 2.92. The highest BCUT2D eigenvalue weighted by atomic mass is 35.5. The second-order valence-electron chi connectivity index (χ2n) is 5.03. The molecule has 2 heterocycles. The molecule has 0 bridgehead atoms. The van der Waals surface area contributed by atoms with Crippen LogP contribution in [0.3, 0.4) is 0 Å². The maximum atomic E-state index is 6.20. The van der Waals surface area contributed by atoms with E-state index in [1.165, 1.54) is 0 Å². The molecule has 0 aliphatic rings. The summed E-state index contributed by atoms with van der Waals surface area (Å²) >= 11 is 6.20. The van der Waals surface area contributed by atoms with Crippen molar-refractivity contribution in [3.63, 3.8) is 0 Å². The van der Waals surface area contributed by atoms with Gasteiger partial charge in [-0.05, 0) is 42.3 Å². The third kappa shape index (κ3) is 1.89. The van der Waals surface area contributed by atoms with E-state index in [9.17, 15) is 0 Å². The van der Waals surface area contributed by atoms with Gasteiger partial charge in [0.25, 0.3) is 0 Å². The molecule has 3 nitrogen and oxygen atoms in total. The first kappa shape index (κ1) is 12.4. The van der Waals surface area contributed by atoms with E-state index in [1.807, 2.05) is 43.3 Å². The van der Waals surface area contributed by atoms with Crippen LogP contribution in [0.4, 0.5) is 0 Å². The van der Waals surface area contributed by atoms with Gasteiger partial charge in [0.05, 0.1) is 5.52 Å². The lowest BCUT2D eigenvalue weighted by molar-refractivity contribution is 1.02. The van der Waals surface area contributed by atoms with Gasteiger partial charge < -0.3 is 0 Å². The number of aryl methyl sites for hydroxylation is 1. The Morgan fingerprint density at radius 1 is 0.952 bits per heavy atom. The van der Waals surface area contributed by atoms with E-state index in [1.54, 1.807) is 0 Å². The molecule has 0 spiro atoms. The van der Waals surface area contributed by atoms with Crippen LogP contribution in [0.15, 0.2) is 54.6 Å². The lowest BCUT2D eigenvalue weighted by Crippen LogP contribution is -1.93. The summed E-state index contributed by atoms with van der Waals surface area (Å²) in [6.45, 7) is 1.95. The van der Waals surface area contributed by atoms with Crippen molar-refractivity contribution in [2.45, 2.75) is 6.92 Å². The van der Waals surface area contributed by atoms with Crippen molar-refractivity contribution >= 4 is 28.2 Å². The van der Waals surface area contributed by atoms with Crippen LogP contribution in [-0.2, 0) is 0 Å². The number of benzene rings is 2. The Morgan fingerprint density at radius 2 is 1.76 bits per heavy atom. The Bertz CT molecular complexity index is 958. The molecule has 0 unspecified atom stereocenters. The standard InChI is InChI=1S/C17H12ClN3/c1-11-19-20-17-10-14(12-5-3-2-4-6-12)15-9-13(18)7-8-16(15)21(11)17/h2-10H,1H3. The van der Waals surface area contributed by atoms with E-state index in [-0.39, 0.29) is 0 Å². The quantitative estimate of drug-likeness (QED) is 0.517. The molecule has 102 valence electrons. The minimum absolute atomic E-state index is 0.727. The molecule has 4 aromatic rings. The Morgan fingerprint density at radius 3 is 2.57 bits per heavy atom. The summed E-state index contributed by atoms with van der Waals surface area (Å²) in [5.74, 6) is 0.872. The molecule has 0 fully saturated rings. The average molecular weight is 294 g/mol. The number of hydrogen-bond donors (Lipinski definition) is 0. The highest BCUT2D eigenvalue weighted by Crippen LogP contribution is 2.32. The molecule has 0 radical (unpaired) electrons. The van der Waals surface area contributed by atoms with Crippen molar-refractivity contribution in [3.05, 3.63) is 65.4 Å². The summed E-state index contributed by atoms with van der Waals surface area (Å²) in [5.41, 5.74) is 4.18. The first-order valence-corrected chi connectivity index (χ1v) is 7.11. The van der Waals surface area contributed by atoms with Gasteiger partial charge in [0.2, 0.25) is 0 Å². The highest BCUT2D eigenvalue weighted by Gasteiger charge is 2.12. The van der Waals surface area contributed by atoms with Gasteiger partial charge in [-0.3, -0.25) is 4.40 Å². The van der Waals surface area contributed by atoms with Crippen LogP contribution < -0.4 is 0 Å². The normalized spacial score (nSPS) is 11.3. The van der Waals surface area contributed by atoms with Crippen molar-refractivity contribution < 1.29 is 0 Å². The van der Waals surface area contributed by atoms with Gasteiger partial charge in [0.1, 0.15) is 5.82 Å². The highest BCUT2D eigenvalue weighted by molar-refractivity contribution is 6.31. The maximum absolute atomic E-state index is 6.20. The molecule has 0 saturated heterocycles. The van der Waals surface area contributed by atoms with Gasteiger partial charge in [-0.15, -0.1) is 10.2 Å². The zero-order valence-electron chi connectivity index (χ0n) is 11.4. The van der Waals surface area contributed by atoms with E-state index in [4.69, 9.17) is 11.6 Å². The number of pyridine rings is 1. The number of aromatic nitrogens is 3. The minimum atomic E-state index is 0.727. The first-order valence-electron chi connectivity index (χ1n) is 6.73. The second kappa shape index (κ2) is 4.57. The summed E-state index contributed by atoms with van der Waals surface area (Å²) in [4.78, 5) is 0. The Labute approximate surface area is 126 Å². The van der Waals surface area contributed by atoms with Crippen molar-refractivity contribution in [1.82, 2.24) is 14.6 Å². The van der Waals surface area contributed by atoms with Crippen LogP contribution in [0.1, 0.15) is 5.82 Å². The van der Waals surface area contributed by atoms with Crippen molar-refractivity contribution in [3.8, 4) is 11.1 Å². The molecule has 2 aromatic heterocycles. The number of hydrogen-bond acceptors (Lipinski definition) is 2. The van der Waals surface area contributed by atoms with Gasteiger partial charge in [-0.25, -0.2) is 0 Å². The smallest absolute Gasteiger partial charge is 0.161 e. The van der Waals surface area contributed by atoms with Crippen LogP contribution in [0.5, 0.6) is 0 Å². The molecule has 0 aliphatic heterocycles. The topological polar surface area (TPSA) is 30.2 Å². The zero-order valence-corrected chi connectivity index (χ0v) is 12.2. The predicted octanol–water partition coefficient (Wildman–Crippen LogP) is 4.51. The second-order valence-corrected chi connectivity index (χ2v) is 5.46. The van der Waals surface area contributed by atoms with Crippen LogP contribution in [0.2, 0.25) is 5.02 Å². The molecule has 0 saturated carbocycles.